The van der Waals surface area contributed by atoms with Gasteiger partial charge in [-0.2, -0.15) is 5.10 Å². The van der Waals surface area contributed by atoms with E-state index in [1.54, 1.807) is 7.11 Å². The Kier molecular flexibility index (Phi) is 7.95. The summed E-state index contributed by atoms with van der Waals surface area (Å²) in [6.07, 6.45) is 2.17. The average Bonchev–Trinajstić information content (AvgIpc) is 3.27. The fraction of sp³-hybridized carbons (Fsp3) is 0.600. The number of hydrogen-bond donors (Lipinski definition) is 0. The Bertz CT molecular complexity index is 1150. The molecule has 0 bridgehead atoms. The van der Waals surface area contributed by atoms with Crippen molar-refractivity contribution in [3.8, 4) is 11.5 Å². The standard InChI is InChI=1S/C25H37N7O2/c1-5-32-24(33)21-11-7-6-10-20(21)22(28-32)23-26-27-25(31(23)12-8-9-19(2)3)30-15-13-29(14-16-30)17-18-34-4/h6-7,10-11,19H,5,8-9,12-18H2,1-4H3. The minimum Gasteiger partial charge on any atom is -0.383 e. The fourth-order valence-corrected chi connectivity index (χ4v) is 4.57. The Hall–Kier alpha value is -2.78. The molecule has 3 heterocycles. The van der Waals surface area contributed by atoms with Crippen molar-refractivity contribution in [2.24, 2.45) is 5.92 Å². The third-order valence-corrected chi connectivity index (χ3v) is 6.54. The number of methoxy groups -OCH3 is 1. The Morgan fingerprint density at radius 2 is 1.76 bits per heavy atom. The number of benzene rings is 1. The molecule has 34 heavy (non-hydrogen) atoms. The lowest BCUT2D eigenvalue weighted by molar-refractivity contribution is 0.143. The molecule has 4 rings (SSSR count). The first-order valence-corrected chi connectivity index (χ1v) is 12.4. The van der Waals surface area contributed by atoms with Crippen LogP contribution in [0.2, 0.25) is 0 Å². The maximum Gasteiger partial charge on any atom is 0.274 e. The van der Waals surface area contributed by atoms with Gasteiger partial charge in [0.05, 0.1) is 12.0 Å². The van der Waals surface area contributed by atoms with Crippen molar-refractivity contribution in [3.05, 3.63) is 34.6 Å². The first kappa shape index (κ1) is 24.3. The molecule has 2 aromatic heterocycles. The molecule has 1 aliphatic rings. The summed E-state index contributed by atoms with van der Waals surface area (Å²) in [5.74, 6) is 2.26. The van der Waals surface area contributed by atoms with Crippen LogP contribution in [0.3, 0.4) is 0 Å². The highest BCUT2D eigenvalue weighted by molar-refractivity contribution is 5.92. The third kappa shape index (κ3) is 5.15. The molecule has 0 N–H and O–H groups in total. The first-order chi connectivity index (χ1) is 16.5. The summed E-state index contributed by atoms with van der Waals surface area (Å²) in [5.41, 5.74) is 0.652. The number of fused-ring (bicyclic) bond motifs is 1. The van der Waals surface area contributed by atoms with E-state index in [1.807, 2.05) is 31.2 Å². The van der Waals surface area contributed by atoms with E-state index in [0.29, 0.717) is 17.8 Å². The van der Waals surface area contributed by atoms with Gasteiger partial charge in [0.15, 0.2) is 5.82 Å². The lowest BCUT2D eigenvalue weighted by atomic mass is 10.1. The van der Waals surface area contributed by atoms with Crippen LogP contribution in [0.1, 0.15) is 33.6 Å². The number of aromatic nitrogens is 5. The highest BCUT2D eigenvalue weighted by Gasteiger charge is 2.25. The molecule has 0 saturated carbocycles. The van der Waals surface area contributed by atoms with Crippen molar-refractivity contribution in [1.29, 1.82) is 0 Å². The van der Waals surface area contributed by atoms with Gasteiger partial charge in [0.2, 0.25) is 5.95 Å². The first-order valence-electron chi connectivity index (χ1n) is 12.4. The van der Waals surface area contributed by atoms with Gasteiger partial charge in [-0.15, -0.1) is 10.2 Å². The molecular weight excluding hydrogens is 430 g/mol. The molecule has 9 nitrogen and oxygen atoms in total. The number of ether oxygens (including phenoxy) is 1. The van der Waals surface area contributed by atoms with Gasteiger partial charge in [0.1, 0.15) is 5.69 Å². The van der Waals surface area contributed by atoms with Gasteiger partial charge in [0, 0.05) is 58.3 Å². The zero-order chi connectivity index (χ0) is 24.1. The van der Waals surface area contributed by atoms with Gasteiger partial charge in [-0.05, 0) is 31.7 Å². The van der Waals surface area contributed by atoms with Crippen molar-refractivity contribution in [3.63, 3.8) is 0 Å². The molecule has 0 amide bonds. The van der Waals surface area contributed by atoms with Crippen LogP contribution in [-0.4, -0.2) is 75.9 Å². The van der Waals surface area contributed by atoms with Crippen LogP contribution in [0.15, 0.2) is 29.1 Å². The van der Waals surface area contributed by atoms with E-state index in [1.165, 1.54) is 4.68 Å². The van der Waals surface area contributed by atoms with Gasteiger partial charge in [-0.1, -0.05) is 32.0 Å². The predicted molar refractivity (Wildman–Crippen MR) is 135 cm³/mol. The largest absolute Gasteiger partial charge is 0.383 e. The minimum absolute atomic E-state index is 0.0693. The lowest BCUT2D eigenvalue weighted by Crippen LogP contribution is -2.48. The Balaban J connectivity index is 1.72. The van der Waals surface area contributed by atoms with E-state index in [9.17, 15) is 4.79 Å². The molecule has 3 aromatic rings. The van der Waals surface area contributed by atoms with Crippen LogP contribution in [0.25, 0.3) is 22.3 Å². The second-order valence-electron chi connectivity index (χ2n) is 9.35. The van der Waals surface area contributed by atoms with Crippen LogP contribution < -0.4 is 10.5 Å². The maximum absolute atomic E-state index is 12.9. The summed E-state index contributed by atoms with van der Waals surface area (Å²) in [5, 5.41) is 15.5. The molecule has 0 aliphatic carbocycles. The van der Waals surface area contributed by atoms with E-state index >= 15 is 0 Å². The molecule has 184 valence electrons. The second-order valence-corrected chi connectivity index (χ2v) is 9.35. The molecular formula is C25H37N7O2. The number of piperazine rings is 1. The van der Waals surface area contributed by atoms with Crippen LogP contribution >= 0.6 is 0 Å². The monoisotopic (exact) mass is 467 g/mol. The smallest absolute Gasteiger partial charge is 0.274 e. The maximum atomic E-state index is 12.9. The Labute approximate surface area is 201 Å². The summed E-state index contributed by atoms with van der Waals surface area (Å²) >= 11 is 0. The van der Waals surface area contributed by atoms with E-state index in [-0.39, 0.29) is 5.56 Å². The normalized spacial score (nSPS) is 15.0. The molecule has 1 saturated heterocycles. The van der Waals surface area contributed by atoms with Gasteiger partial charge >= 0.3 is 0 Å². The van der Waals surface area contributed by atoms with E-state index in [2.05, 4.69) is 38.4 Å². The number of aryl methyl sites for hydroxylation is 1. The SMILES string of the molecule is CCn1nc(-c2nnc(N3CCN(CCOC)CC3)n2CCCC(C)C)c2ccccc2c1=O. The average molecular weight is 468 g/mol. The number of nitrogens with zero attached hydrogens (tertiary/aromatic N) is 7. The van der Waals surface area contributed by atoms with E-state index in [4.69, 9.17) is 9.84 Å². The van der Waals surface area contributed by atoms with E-state index in [0.717, 1.165) is 81.6 Å². The third-order valence-electron chi connectivity index (χ3n) is 6.54. The molecule has 1 fully saturated rings. The molecule has 0 spiro atoms. The van der Waals surface area contributed by atoms with Crippen molar-refractivity contribution < 1.29 is 4.74 Å². The van der Waals surface area contributed by atoms with Crippen LogP contribution in [0.5, 0.6) is 0 Å². The van der Waals surface area contributed by atoms with Crippen molar-refractivity contribution >= 4 is 16.7 Å². The number of hydrogen-bond acceptors (Lipinski definition) is 7. The van der Waals surface area contributed by atoms with Crippen LogP contribution in [0.4, 0.5) is 5.95 Å². The Morgan fingerprint density at radius 1 is 1.03 bits per heavy atom. The summed E-state index contributed by atoms with van der Waals surface area (Å²) < 4.78 is 8.98. The molecule has 1 aromatic carbocycles. The molecule has 1 aliphatic heterocycles. The van der Waals surface area contributed by atoms with Gasteiger partial charge in [-0.3, -0.25) is 14.3 Å². The minimum atomic E-state index is -0.0693. The summed E-state index contributed by atoms with van der Waals surface area (Å²) in [6.45, 7) is 13.2. The van der Waals surface area contributed by atoms with Gasteiger partial charge in [-0.25, -0.2) is 4.68 Å². The molecule has 9 heteroatoms. The van der Waals surface area contributed by atoms with E-state index < -0.39 is 0 Å². The van der Waals surface area contributed by atoms with Gasteiger partial charge < -0.3 is 9.64 Å². The molecule has 0 unspecified atom stereocenters. The predicted octanol–water partition coefficient (Wildman–Crippen LogP) is 2.88. The summed E-state index contributed by atoms with van der Waals surface area (Å²) in [4.78, 5) is 17.6. The second kappa shape index (κ2) is 11.1. The summed E-state index contributed by atoms with van der Waals surface area (Å²) in [6, 6.07) is 7.67. The van der Waals surface area contributed by atoms with Crippen molar-refractivity contribution in [1.82, 2.24) is 29.4 Å². The zero-order valence-electron chi connectivity index (χ0n) is 20.9. The number of rotatable bonds is 10. The lowest BCUT2D eigenvalue weighted by Gasteiger charge is -2.35. The van der Waals surface area contributed by atoms with Crippen LogP contribution in [0, 0.1) is 5.92 Å². The zero-order valence-corrected chi connectivity index (χ0v) is 20.9. The fourth-order valence-electron chi connectivity index (χ4n) is 4.57. The summed E-state index contributed by atoms with van der Waals surface area (Å²) in [7, 11) is 1.75. The highest BCUT2D eigenvalue weighted by Crippen LogP contribution is 2.28. The van der Waals surface area contributed by atoms with Gasteiger partial charge in [0.25, 0.3) is 5.56 Å². The number of anilines is 1. The van der Waals surface area contributed by atoms with Crippen molar-refractivity contribution in [2.45, 2.75) is 46.7 Å². The topological polar surface area (TPSA) is 81.3 Å². The van der Waals surface area contributed by atoms with Crippen molar-refractivity contribution in [2.75, 3.05) is 51.3 Å². The Morgan fingerprint density at radius 3 is 2.44 bits per heavy atom. The van der Waals surface area contributed by atoms with Crippen LogP contribution in [-0.2, 0) is 17.8 Å². The highest BCUT2D eigenvalue weighted by atomic mass is 16.5. The molecule has 0 atom stereocenters. The quantitative estimate of drug-likeness (QED) is 0.453. The molecule has 0 radical (unpaired) electrons.